The van der Waals surface area contributed by atoms with Crippen LogP contribution < -0.4 is 5.32 Å². The number of pyridine rings is 1. The van der Waals surface area contributed by atoms with Crippen molar-refractivity contribution in [3.63, 3.8) is 0 Å². The van der Waals surface area contributed by atoms with Crippen molar-refractivity contribution in [3.05, 3.63) is 29.0 Å². The molecule has 0 radical (unpaired) electrons. The summed E-state index contributed by atoms with van der Waals surface area (Å²) in [5.41, 5.74) is 0.199. The zero-order valence-corrected chi connectivity index (χ0v) is 10.5. The Morgan fingerprint density at radius 3 is 2.76 bits per heavy atom. The van der Waals surface area contributed by atoms with E-state index in [1.54, 1.807) is 19.2 Å². The predicted molar refractivity (Wildman–Crippen MR) is 64.9 cm³/mol. The van der Waals surface area contributed by atoms with E-state index in [4.69, 9.17) is 11.6 Å². The van der Waals surface area contributed by atoms with Crippen molar-refractivity contribution in [2.75, 3.05) is 20.1 Å². The minimum absolute atomic E-state index is 0.0443. The Morgan fingerprint density at radius 1 is 1.47 bits per heavy atom. The van der Waals surface area contributed by atoms with Gasteiger partial charge in [0.2, 0.25) is 5.91 Å². The van der Waals surface area contributed by atoms with E-state index in [9.17, 15) is 9.59 Å². The maximum absolute atomic E-state index is 11.6. The molecule has 0 bridgehead atoms. The summed E-state index contributed by atoms with van der Waals surface area (Å²) in [6.07, 6.45) is 0. The monoisotopic (exact) mass is 255 g/mol. The molecule has 0 spiro atoms. The third-order valence-electron chi connectivity index (χ3n) is 2.25. The molecule has 0 aliphatic heterocycles. The molecule has 0 aliphatic rings. The molecule has 0 unspecified atom stereocenters. The molecule has 0 saturated heterocycles. The minimum atomic E-state index is -0.412. The number of carbonyl (C=O) groups excluding carboxylic acids is 2. The van der Waals surface area contributed by atoms with Crippen LogP contribution in [-0.4, -0.2) is 41.8 Å². The lowest BCUT2D eigenvalue weighted by Gasteiger charge is -2.14. The van der Waals surface area contributed by atoms with Crippen LogP contribution in [0.25, 0.3) is 0 Å². The largest absolute Gasteiger partial charge is 0.345 e. The minimum Gasteiger partial charge on any atom is -0.345 e. The Bertz CT molecular complexity index is 423. The second kappa shape index (κ2) is 6.20. The molecule has 6 heteroatoms. The Morgan fingerprint density at radius 2 is 2.18 bits per heavy atom. The van der Waals surface area contributed by atoms with Crippen molar-refractivity contribution in [1.82, 2.24) is 15.2 Å². The third kappa shape index (κ3) is 4.03. The number of aromatic nitrogens is 1. The summed E-state index contributed by atoms with van der Waals surface area (Å²) in [5, 5.41) is 2.73. The summed E-state index contributed by atoms with van der Waals surface area (Å²) in [5.74, 6) is -0.562. The quantitative estimate of drug-likeness (QED) is 0.815. The van der Waals surface area contributed by atoms with E-state index >= 15 is 0 Å². The van der Waals surface area contributed by atoms with Gasteiger partial charge in [0.1, 0.15) is 10.8 Å². The number of nitrogens with zero attached hydrogens (tertiary/aromatic N) is 2. The summed E-state index contributed by atoms with van der Waals surface area (Å²) >= 11 is 5.66. The van der Waals surface area contributed by atoms with E-state index < -0.39 is 5.91 Å². The van der Waals surface area contributed by atoms with E-state index in [2.05, 4.69) is 10.3 Å². The molecule has 1 rings (SSSR count). The van der Waals surface area contributed by atoms with Crippen LogP contribution in [0, 0.1) is 0 Å². The first kappa shape index (κ1) is 13.4. The highest BCUT2D eigenvalue weighted by Crippen LogP contribution is 2.04. The number of nitrogens with one attached hydrogen (secondary N) is 1. The van der Waals surface area contributed by atoms with Gasteiger partial charge in [-0.25, -0.2) is 4.98 Å². The fraction of sp³-hybridized carbons (Fsp3) is 0.364. The van der Waals surface area contributed by atoms with E-state index in [1.165, 1.54) is 11.0 Å². The Labute approximate surface area is 105 Å². The normalized spacial score (nSPS) is 9.82. The molecule has 1 aromatic heterocycles. The molecule has 0 fully saturated rings. The van der Waals surface area contributed by atoms with E-state index in [-0.39, 0.29) is 23.3 Å². The van der Waals surface area contributed by atoms with Crippen LogP contribution in [0.3, 0.4) is 0 Å². The Balaban J connectivity index is 2.53. The average Bonchev–Trinajstić information content (AvgIpc) is 2.34. The highest BCUT2D eigenvalue weighted by Gasteiger charge is 2.11. The van der Waals surface area contributed by atoms with Crippen molar-refractivity contribution in [2.45, 2.75) is 6.92 Å². The number of hydrogen-bond acceptors (Lipinski definition) is 3. The predicted octanol–water partition coefficient (Wildman–Crippen LogP) is 0.943. The topological polar surface area (TPSA) is 62.3 Å². The zero-order chi connectivity index (χ0) is 12.8. The molecule has 1 heterocycles. The van der Waals surface area contributed by atoms with Gasteiger partial charge in [-0.1, -0.05) is 17.7 Å². The SMILES string of the molecule is CCN(C)C(=O)CNC(=O)c1cccc(Cl)n1. The van der Waals surface area contributed by atoms with Gasteiger partial charge in [-0.3, -0.25) is 9.59 Å². The van der Waals surface area contributed by atoms with Crippen LogP contribution >= 0.6 is 11.6 Å². The standard InChI is InChI=1S/C11H14ClN3O2/c1-3-15(2)10(16)7-13-11(17)8-5-4-6-9(12)14-8/h4-6H,3,7H2,1-2H3,(H,13,17). The molecular weight excluding hydrogens is 242 g/mol. The highest BCUT2D eigenvalue weighted by molar-refractivity contribution is 6.29. The van der Waals surface area contributed by atoms with Crippen molar-refractivity contribution < 1.29 is 9.59 Å². The van der Waals surface area contributed by atoms with Gasteiger partial charge >= 0.3 is 0 Å². The van der Waals surface area contributed by atoms with Crippen LogP contribution in [0.5, 0.6) is 0 Å². The van der Waals surface area contributed by atoms with E-state index in [1.807, 2.05) is 6.92 Å². The third-order valence-corrected chi connectivity index (χ3v) is 2.46. The molecule has 5 nitrogen and oxygen atoms in total. The van der Waals surface area contributed by atoms with Gasteiger partial charge in [-0.05, 0) is 19.1 Å². The molecular formula is C11H14ClN3O2. The lowest BCUT2D eigenvalue weighted by Crippen LogP contribution is -2.38. The van der Waals surface area contributed by atoms with Crippen molar-refractivity contribution in [1.29, 1.82) is 0 Å². The highest BCUT2D eigenvalue weighted by atomic mass is 35.5. The van der Waals surface area contributed by atoms with Crippen LogP contribution in [-0.2, 0) is 4.79 Å². The summed E-state index contributed by atoms with van der Waals surface area (Å²) in [4.78, 5) is 28.4. The first-order valence-electron chi connectivity index (χ1n) is 5.19. The summed E-state index contributed by atoms with van der Waals surface area (Å²) in [7, 11) is 1.67. The number of likely N-dealkylation sites (N-methyl/N-ethyl adjacent to an activating group) is 1. The maximum Gasteiger partial charge on any atom is 0.270 e. The number of halogens is 1. The Kier molecular flexibility index (Phi) is 4.90. The number of hydrogen-bond donors (Lipinski definition) is 1. The van der Waals surface area contributed by atoms with Crippen molar-refractivity contribution >= 4 is 23.4 Å². The van der Waals surface area contributed by atoms with Crippen LogP contribution in [0.15, 0.2) is 18.2 Å². The maximum atomic E-state index is 11.6. The van der Waals surface area contributed by atoms with Gasteiger partial charge in [-0.15, -0.1) is 0 Å². The van der Waals surface area contributed by atoms with Crippen LogP contribution in [0.2, 0.25) is 5.15 Å². The number of carbonyl (C=O) groups is 2. The molecule has 1 aromatic rings. The Hall–Kier alpha value is -1.62. The van der Waals surface area contributed by atoms with Crippen molar-refractivity contribution in [2.24, 2.45) is 0 Å². The fourth-order valence-corrected chi connectivity index (χ4v) is 1.26. The van der Waals surface area contributed by atoms with E-state index in [0.717, 1.165) is 0 Å². The summed E-state index contributed by atoms with van der Waals surface area (Å²) in [6, 6.07) is 4.74. The molecule has 1 N–H and O–H groups in total. The van der Waals surface area contributed by atoms with Crippen LogP contribution in [0.4, 0.5) is 0 Å². The van der Waals surface area contributed by atoms with Gasteiger partial charge in [0.25, 0.3) is 5.91 Å². The van der Waals surface area contributed by atoms with Crippen LogP contribution in [0.1, 0.15) is 17.4 Å². The molecule has 92 valence electrons. The summed E-state index contributed by atoms with van der Waals surface area (Å²) in [6.45, 7) is 2.42. The van der Waals surface area contributed by atoms with Gasteiger partial charge < -0.3 is 10.2 Å². The first-order valence-corrected chi connectivity index (χ1v) is 5.57. The molecule has 17 heavy (non-hydrogen) atoms. The van der Waals surface area contributed by atoms with Gasteiger partial charge in [0.05, 0.1) is 6.54 Å². The number of amides is 2. The molecule has 0 saturated carbocycles. The van der Waals surface area contributed by atoms with Gasteiger partial charge in [0.15, 0.2) is 0 Å². The second-order valence-electron chi connectivity index (χ2n) is 3.44. The average molecular weight is 256 g/mol. The zero-order valence-electron chi connectivity index (χ0n) is 9.74. The van der Waals surface area contributed by atoms with Crippen molar-refractivity contribution in [3.8, 4) is 0 Å². The lowest BCUT2D eigenvalue weighted by atomic mass is 10.3. The fourth-order valence-electron chi connectivity index (χ4n) is 1.09. The first-order chi connectivity index (χ1) is 8.04. The van der Waals surface area contributed by atoms with Gasteiger partial charge in [0, 0.05) is 13.6 Å². The van der Waals surface area contributed by atoms with E-state index in [0.29, 0.717) is 6.54 Å². The van der Waals surface area contributed by atoms with Gasteiger partial charge in [-0.2, -0.15) is 0 Å². The number of rotatable bonds is 4. The molecule has 0 aromatic carbocycles. The molecule has 2 amide bonds. The molecule has 0 atom stereocenters. The molecule has 0 aliphatic carbocycles. The smallest absolute Gasteiger partial charge is 0.270 e. The summed E-state index contributed by atoms with van der Waals surface area (Å²) < 4.78 is 0. The lowest BCUT2D eigenvalue weighted by molar-refractivity contribution is -0.128. The second-order valence-corrected chi connectivity index (χ2v) is 3.82.